The van der Waals surface area contributed by atoms with Gasteiger partial charge < -0.3 is 19.6 Å². The molecule has 0 spiro atoms. The largest absolute Gasteiger partial charge is 0.360 e. The third kappa shape index (κ3) is 3.52. The summed E-state index contributed by atoms with van der Waals surface area (Å²) in [5.74, 6) is 0.487. The first-order valence-electron chi connectivity index (χ1n) is 8.11. The Balaban J connectivity index is 2.08. The van der Waals surface area contributed by atoms with Gasteiger partial charge in [-0.2, -0.15) is 0 Å². The van der Waals surface area contributed by atoms with E-state index < -0.39 is 6.04 Å². The van der Waals surface area contributed by atoms with Crippen molar-refractivity contribution in [1.82, 2.24) is 15.0 Å². The zero-order chi connectivity index (χ0) is 19.9. The lowest BCUT2D eigenvalue weighted by atomic mass is 9.93. The molecule has 3 amide bonds. The van der Waals surface area contributed by atoms with Crippen molar-refractivity contribution in [3.05, 3.63) is 56.9 Å². The Morgan fingerprint density at radius 1 is 1.19 bits per heavy atom. The van der Waals surface area contributed by atoms with Crippen molar-refractivity contribution in [2.24, 2.45) is 0 Å². The number of nitrogens with zero attached hydrogens (tertiary/aromatic N) is 3. The summed E-state index contributed by atoms with van der Waals surface area (Å²) < 4.78 is 4.99. The van der Waals surface area contributed by atoms with E-state index in [1.807, 2.05) is 0 Å². The molecule has 0 aliphatic carbocycles. The van der Waals surface area contributed by atoms with Gasteiger partial charge in [-0.05, 0) is 31.5 Å². The molecular formula is C18H18Cl2N4O3. The van der Waals surface area contributed by atoms with Gasteiger partial charge in [0.2, 0.25) is 0 Å². The van der Waals surface area contributed by atoms with E-state index in [1.54, 1.807) is 52.2 Å². The number of rotatable bonds is 3. The van der Waals surface area contributed by atoms with Gasteiger partial charge in [-0.1, -0.05) is 34.4 Å². The van der Waals surface area contributed by atoms with Crippen LogP contribution in [0.1, 0.15) is 24.3 Å². The Morgan fingerprint density at radius 2 is 1.89 bits per heavy atom. The van der Waals surface area contributed by atoms with E-state index in [0.29, 0.717) is 38.5 Å². The second-order valence-electron chi connectivity index (χ2n) is 6.30. The van der Waals surface area contributed by atoms with Crippen molar-refractivity contribution in [3.8, 4) is 0 Å². The van der Waals surface area contributed by atoms with Gasteiger partial charge in [-0.3, -0.25) is 4.79 Å². The second-order valence-corrected chi connectivity index (χ2v) is 7.12. The van der Waals surface area contributed by atoms with Crippen molar-refractivity contribution in [3.63, 3.8) is 0 Å². The highest BCUT2D eigenvalue weighted by atomic mass is 35.5. The van der Waals surface area contributed by atoms with Gasteiger partial charge in [-0.25, -0.2) is 4.79 Å². The van der Waals surface area contributed by atoms with Crippen LogP contribution in [0.15, 0.2) is 40.1 Å². The van der Waals surface area contributed by atoms with Crippen LogP contribution in [0.3, 0.4) is 0 Å². The number of halogens is 2. The fraction of sp³-hybridized carbons (Fsp3) is 0.278. The zero-order valence-electron chi connectivity index (χ0n) is 15.2. The number of aryl methyl sites for hydroxylation is 1. The highest BCUT2D eigenvalue weighted by Crippen LogP contribution is 2.38. The minimum absolute atomic E-state index is 0.239. The maximum atomic E-state index is 13.0. The first-order valence-corrected chi connectivity index (χ1v) is 8.87. The molecule has 0 saturated carbocycles. The van der Waals surface area contributed by atoms with Crippen LogP contribution < -0.4 is 5.32 Å². The topological polar surface area (TPSA) is 78.7 Å². The Hall–Kier alpha value is -2.51. The molecule has 0 fully saturated rings. The number of likely N-dealkylation sites (N-methyl/N-ethyl adjacent to an activating group) is 1. The van der Waals surface area contributed by atoms with Gasteiger partial charge in [0, 0.05) is 25.9 Å². The number of benzene rings is 1. The summed E-state index contributed by atoms with van der Waals surface area (Å²) in [7, 11) is 3.25. The fourth-order valence-corrected chi connectivity index (χ4v) is 3.34. The molecule has 7 nitrogen and oxygen atoms in total. The molecule has 142 valence electrons. The molecule has 1 aromatic heterocycles. The molecule has 0 radical (unpaired) electrons. The first-order chi connectivity index (χ1) is 12.7. The number of amides is 3. The van der Waals surface area contributed by atoms with Gasteiger partial charge in [-0.15, -0.1) is 0 Å². The molecule has 1 atom stereocenters. The lowest BCUT2D eigenvalue weighted by Crippen LogP contribution is -2.47. The summed E-state index contributed by atoms with van der Waals surface area (Å²) in [6, 6.07) is 5.79. The quantitative estimate of drug-likeness (QED) is 0.823. The molecule has 1 aliphatic heterocycles. The van der Waals surface area contributed by atoms with Crippen molar-refractivity contribution in [2.45, 2.75) is 19.9 Å². The van der Waals surface area contributed by atoms with Crippen molar-refractivity contribution >= 4 is 41.0 Å². The Kier molecular flexibility index (Phi) is 5.17. The summed E-state index contributed by atoms with van der Waals surface area (Å²) in [6.45, 7) is 3.45. The number of allylic oxidation sites excluding steroid dienone is 1. The van der Waals surface area contributed by atoms with Gasteiger partial charge in [0.15, 0.2) is 5.82 Å². The Bertz CT molecular complexity index is 954. The minimum atomic E-state index is -0.628. The van der Waals surface area contributed by atoms with E-state index in [-0.39, 0.29) is 11.9 Å². The van der Waals surface area contributed by atoms with E-state index in [4.69, 9.17) is 27.7 Å². The van der Waals surface area contributed by atoms with Crippen molar-refractivity contribution in [1.29, 1.82) is 0 Å². The predicted octanol–water partition coefficient (Wildman–Crippen LogP) is 4.24. The lowest BCUT2D eigenvalue weighted by Gasteiger charge is -2.39. The number of aromatic nitrogens is 1. The second kappa shape index (κ2) is 7.25. The van der Waals surface area contributed by atoms with Crippen LogP contribution in [0.4, 0.5) is 10.6 Å². The summed E-state index contributed by atoms with van der Waals surface area (Å²) in [5.41, 5.74) is 1.61. The highest BCUT2D eigenvalue weighted by Gasteiger charge is 2.38. The average molecular weight is 409 g/mol. The number of urea groups is 1. The molecular weight excluding hydrogens is 391 g/mol. The molecule has 2 heterocycles. The SMILES string of the molecule is CC1=C(C(=O)Nc2cc(C)on2)C(c2ccc(Cl)c(Cl)c2)N(C)C(=O)N1C. The lowest BCUT2D eigenvalue weighted by molar-refractivity contribution is -0.113. The molecule has 27 heavy (non-hydrogen) atoms. The molecule has 1 aromatic carbocycles. The van der Waals surface area contributed by atoms with E-state index >= 15 is 0 Å². The van der Waals surface area contributed by atoms with Crippen LogP contribution in [0.5, 0.6) is 0 Å². The normalized spacial score (nSPS) is 17.6. The number of anilines is 1. The van der Waals surface area contributed by atoms with Gasteiger partial charge in [0.25, 0.3) is 5.91 Å². The maximum Gasteiger partial charge on any atom is 0.324 e. The predicted molar refractivity (Wildman–Crippen MR) is 103 cm³/mol. The van der Waals surface area contributed by atoms with Crippen LogP contribution in [0, 0.1) is 6.92 Å². The van der Waals surface area contributed by atoms with Crippen LogP contribution in [0.2, 0.25) is 10.0 Å². The first kappa shape index (κ1) is 19.3. The summed E-state index contributed by atoms with van der Waals surface area (Å²) >= 11 is 12.2. The van der Waals surface area contributed by atoms with Gasteiger partial charge in [0.05, 0.1) is 21.7 Å². The van der Waals surface area contributed by atoms with E-state index in [2.05, 4.69) is 10.5 Å². The van der Waals surface area contributed by atoms with Gasteiger partial charge >= 0.3 is 6.03 Å². The Morgan fingerprint density at radius 3 is 2.48 bits per heavy atom. The standard InChI is InChI=1S/C18H18Cl2N4O3/c1-9-7-14(22-27-9)21-17(25)15-10(2)23(3)18(26)24(4)16(15)11-5-6-12(19)13(20)8-11/h5-8,16H,1-4H3,(H,21,22,25). The molecule has 1 aliphatic rings. The monoisotopic (exact) mass is 408 g/mol. The van der Waals surface area contributed by atoms with Crippen LogP contribution in [0.25, 0.3) is 0 Å². The number of hydrogen-bond acceptors (Lipinski definition) is 4. The number of nitrogens with one attached hydrogen (secondary N) is 1. The van der Waals surface area contributed by atoms with Gasteiger partial charge in [0.1, 0.15) is 5.76 Å². The smallest absolute Gasteiger partial charge is 0.324 e. The number of hydrogen-bond donors (Lipinski definition) is 1. The summed E-state index contributed by atoms with van der Waals surface area (Å²) in [6.07, 6.45) is 0. The highest BCUT2D eigenvalue weighted by molar-refractivity contribution is 6.42. The molecule has 9 heteroatoms. The minimum Gasteiger partial charge on any atom is -0.360 e. The number of carbonyl (C=O) groups is 2. The third-order valence-corrected chi connectivity index (χ3v) is 5.25. The molecule has 0 bridgehead atoms. The van der Waals surface area contributed by atoms with Crippen LogP contribution in [-0.4, -0.2) is 41.0 Å². The van der Waals surface area contributed by atoms with E-state index in [0.717, 1.165) is 0 Å². The average Bonchev–Trinajstić information content (AvgIpc) is 3.03. The van der Waals surface area contributed by atoms with Crippen LogP contribution in [-0.2, 0) is 4.79 Å². The van der Waals surface area contributed by atoms with Crippen LogP contribution >= 0.6 is 23.2 Å². The molecule has 3 rings (SSSR count). The molecule has 2 aromatic rings. The Labute approximate surface area is 166 Å². The van der Waals surface area contributed by atoms with E-state index in [1.165, 1.54) is 9.80 Å². The molecule has 1 unspecified atom stereocenters. The molecule has 1 N–H and O–H groups in total. The fourth-order valence-electron chi connectivity index (χ4n) is 3.03. The number of carbonyl (C=O) groups excluding carboxylic acids is 2. The maximum absolute atomic E-state index is 13.0. The molecule has 0 saturated heterocycles. The van der Waals surface area contributed by atoms with Crippen molar-refractivity contribution in [2.75, 3.05) is 19.4 Å². The van der Waals surface area contributed by atoms with E-state index in [9.17, 15) is 9.59 Å². The summed E-state index contributed by atoms with van der Waals surface area (Å²) in [5, 5.41) is 7.25. The summed E-state index contributed by atoms with van der Waals surface area (Å²) in [4.78, 5) is 28.6. The van der Waals surface area contributed by atoms with Crippen molar-refractivity contribution < 1.29 is 14.1 Å². The zero-order valence-corrected chi connectivity index (χ0v) is 16.7. The third-order valence-electron chi connectivity index (χ3n) is 4.52.